The van der Waals surface area contributed by atoms with Crippen LogP contribution in [0.4, 0.5) is 11.4 Å². The minimum atomic E-state index is -0.447. The fourth-order valence-electron chi connectivity index (χ4n) is 2.79. The molecule has 1 atom stereocenters. The molecule has 5 nitrogen and oxygen atoms in total. The Labute approximate surface area is 159 Å². The van der Waals surface area contributed by atoms with Crippen LogP contribution in [0, 0.1) is 5.92 Å². The SMILES string of the molecule is COc1ccccc1N1C[C@H](C(=O)Nc2ccc(Br)cc2Cl)CC1=O. The summed E-state index contributed by atoms with van der Waals surface area (Å²) in [4.78, 5) is 26.5. The Hall–Kier alpha value is -2.05. The highest BCUT2D eigenvalue weighted by molar-refractivity contribution is 9.10. The summed E-state index contributed by atoms with van der Waals surface area (Å²) < 4.78 is 6.14. The summed E-state index contributed by atoms with van der Waals surface area (Å²) in [7, 11) is 1.55. The third-order valence-electron chi connectivity index (χ3n) is 4.06. The fourth-order valence-corrected chi connectivity index (χ4v) is 3.52. The smallest absolute Gasteiger partial charge is 0.229 e. The van der Waals surface area contributed by atoms with E-state index in [9.17, 15) is 9.59 Å². The molecular weight excluding hydrogens is 408 g/mol. The standard InChI is InChI=1S/C18H16BrClN2O3/c1-25-16-5-3-2-4-15(16)22-10-11(8-17(22)23)18(24)21-14-7-6-12(19)9-13(14)20/h2-7,9,11H,8,10H2,1H3,(H,21,24)/t11-/m1/s1. The van der Waals surface area contributed by atoms with E-state index >= 15 is 0 Å². The molecule has 130 valence electrons. The number of carbonyl (C=O) groups is 2. The number of hydrogen-bond acceptors (Lipinski definition) is 3. The molecule has 1 aliphatic heterocycles. The summed E-state index contributed by atoms with van der Waals surface area (Å²) in [6.45, 7) is 0.305. The van der Waals surface area contributed by atoms with Gasteiger partial charge >= 0.3 is 0 Å². The monoisotopic (exact) mass is 422 g/mol. The van der Waals surface area contributed by atoms with E-state index in [1.165, 1.54) is 0 Å². The van der Waals surface area contributed by atoms with Gasteiger partial charge in [-0.2, -0.15) is 0 Å². The molecule has 0 saturated carbocycles. The van der Waals surface area contributed by atoms with Gasteiger partial charge in [0, 0.05) is 17.4 Å². The van der Waals surface area contributed by atoms with Crippen molar-refractivity contribution in [3.8, 4) is 5.75 Å². The van der Waals surface area contributed by atoms with Gasteiger partial charge in [-0.05, 0) is 30.3 Å². The summed E-state index contributed by atoms with van der Waals surface area (Å²) in [6, 6.07) is 12.5. The molecule has 2 amide bonds. The largest absolute Gasteiger partial charge is 0.495 e. The molecule has 1 aliphatic rings. The number of nitrogens with one attached hydrogen (secondary N) is 1. The molecule has 0 aromatic heterocycles. The van der Waals surface area contributed by atoms with E-state index in [1.807, 2.05) is 18.2 Å². The van der Waals surface area contributed by atoms with Crippen molar-refractivity contribution in [3.05, 3.63) is 52.0 Å². The zero-order valence-corrected chi connectivity index (χ0v) is 15.8. The minimum Gasteiger partial charge on any atom is -0.495 e. The predicted molar refractivity (Wildman–Crippen MR) is 101 cm³/mol. The number of nitrogens with zero attached hydrogens (tertiary/aromatic N) is 1. The van der Waals surface area contributed by atoms with Gasteiger partial charge in [0.2, 0.25) is 11.8 Å². The maximum atomic E-state index is 12.5. The highest BCUT2D eigenvalue weighted by Gasteiger charge is 2.36. The first-order valence-electron chi connectivity index (χ1n) is 7.69. The molecule has 3 rings (SSSR count). The van der Waals surface area contributed by atoms with E-state index in [2.05, 4.69) is 21.2 Å². The van der Waals surface area contributed by atoms with Crippen LogP contribution in [-0.2, 0) is 9.59 Å². The normalized spacial score (nSPS) is 16.8. The van der Waals surface area contributed by atoms with Crippen LogP contribution in [0.5, 0.6) is 5.75 Å². The van der Waals surface area contributed by atoms with Gasteiger partial charge < -0.3 is 15.0 Å². The lowest BCUT2D eigenvalue weighted by molar-refractivity contribution is -0.122. The van der Waals surface area contributed by atoms with Gasteiger partial charge in [0.25, 0.3) is 0 Å². The molecule has 0 radical (unpaired) electrons. The fraction of sp³-hybridized carbons (Fsp3) is 0.222. The van der Waals surface area contributed by atoms with Gasteiger partial charge in [-0.25, -0.2) is 0 Å². The van der Waals surface area contributed by atoms with Gasteiger partial charge in [-0.3, -0.25) is 9.59 Å². The molecule has 1 N–H and O–H groups in total. The summed E-state index contributed by atoms with van der Waals surface area (Å²) in [5.74, 6) is -0.175. The first-order valence-corrected chi connectivity index (χ1v) is 8.86. The highest BCUT2D eigenvalue weighted by atomic mass is 79.9. The van der Waals surface area contributed by atoms with Gasteiger partial charge in [0.15, 0.2) is 0 Å². The minimum absolute atomic E-state index is 0.105. The summed E-state index contributed by atoms with van der Waals surface area (Å²) in [5, 5.41) is 3.24. The Bertz CT molecular complexity index is 828. The third-order valence-corrected chi connectivity index (χ3v) is 4.87. The summed E-state index contributed by atoms with van der Waals surface area (Å²) in [5.41, 5.74) is 1.20. The van der Waals surface area contributed by atoms with Gasteiger partial charge in [-0.15, -0.1) is 0 Å². The molecule has 25 heavy (non-hydrogen) atoms. The van der Waals surface area contributed by atoms with E-state index in [-0.39, 0.29) is 18.2 Å². The molecule has 2 aromatic rings. The number of amides is 2. The van der Waals surface area contributed by atoms with Gasteiger partial charge in [-0.1, -0.05) is 39.7 Å². The highest BCUT2D eigenvalue weighted by Crippen LogP contribution is 2.33. The maximum absolute atomic E-state index is 12.5. The number of carbonyl (C=O) groups excluding carboxylic acids is 2. The predicted octanol–water partition coefficient (Wildman–Crippen LogP) is 4.10. The molecule has 1 saturated heterocycles. The van der Waals surface area contributed by atoms with Gasteiger partial charge in [0.05, 0.1) is 29.4 Å². The molecule has 0 aliphatic carbocycles. The van der Waals surface area contributed by atoms with Crippen molar-refractivity contribution in [2.75, 3.05) is 23.9 Å². The molecular formula is C18H16BrClN2O3. The molecule has 1 fully saturated rings. The van der Waals surface area contributed by atoms with Crippen molar-refractivity contribution >= 4 is 50.7 Å². The van der Waals surface area contributed by atoms with Crippen LogP contribution in [0.15, 0.2) is 46.9 Å². The van der Waals surface area contributed by atoms with Gasteiger partial charge in [0.1, 0.15) is 5.75 Å². The lowest BCUT2D eigenvalue weighted by Crippen LogP contribution is -2.28. The lowest BCUT2D eigenvalue weighted by atomic mass is 10.1. The van der Waals surface area contributed by atoms with Crippen molar-refractivity contribution in [2.24, 2.45) is 5.92 Å². The van der Waals surface area contributed by atoms with Crippen LogP contribution in [0.3, 0.4) is 0 Å². The molecule has 7 heteroatoms. The van der Waals surface area contributed by atoms with Crippen molar-refractivity contribution in [1.82, 2.24) is 0 Å². The van der Waals surface area contributed by atoms with Crippen LogP contribution >= 0.6 is 27.5 Å². The van der Waals surface area contributed by atoms with Crippen LogP contribution in [0.25, 0.3) is 0 Å². The van der Waals surface area contributed by atoms with E-state index in [0.29, 0.717) is 28.7 Å². The number of benzene rings is 2. The van der Waals surface area contributed by atoms with Crippen LogP contribution in [0.2, 0.25) is 5.02 Å². The quantitative estimate of drug-likeness (QED) is 0.805. The molecule has 2 aromatic carbocycles. The van der Waals surface area contributed by atoms with Crippen LogP contribution < -0.4 is 15.0 Å². The second-order valence-electron chi connectivity index (χ2n) is 5.69. The average molecular weight is 424 g/mol. The third kappa shape index (κ3) is 3.80. The zero-order valence-electron chi connectivity index (χ0n) is 13.5. The molecule has 0 unspecified atom stereocenters. The number of methoxy groups -OCH3 is 1. The number of anilines is 2. The number of rotatable bonds is 4. The Morgan fingerprint density at radius 3 is 2.80 bits per heavy atom. The summed E-state index contributed by atoms with van der Waals surface area (Å²) in [6.07, 6.45) is 0.151. The average Bonchev–Trinajstić information content (AvgIpc) is 2.99. The molecule has 1 heterocycles. The zero-order chi connectivity index (χ0) is 18.0. The van der Waals surface area contributed by atoms with Crippen LogP contribution in [0.1, 0.15) is 6.42 Å². The number of para-hydroxylation sites is 2. The maximum Gasteiger partial charge on any atom is 0.229 e. The first kappa shape index (κ1) is 17.8. The van der Waals surface area contributed by atoms with Crippen molar-refractivity contribution in [2.45, 2.75) is 6.42 Å². The second kappa shape index (κ2) is 7.45. The first-order chi connectivity index (χ1) is 12.0. The Balaban J connectivity index is 1.74. The van der Waals surface area contributed by atoms with Crippen molar-refractivity contribution in [3.63, 3.8) is 0 Å². The number of ether oxygens (including phenoxy) is 1. The Morgan fingerprint density at radius 2 is 2.08 bits per heavy atom. The second-order valence-corrected chi connectivity index (χ2v) is 7.01. The van der Waals surface area contributed by atoms with Crippen molar-refractivity contribution < 1.29 is 14.3 Å². The van der Waals surface area contributed by atoms with E-state index in [1.54, 1.807) is 36.3 Å². The van der Waals surface area contributed by atoms with E-state index in [0.717, 1.165) is 4.47 Å². The Morgan fingerprint density at radius 1 is 1.32 bits per heavy atom. The number of hydrogen-bond donors (Lipinski definition) is 1. The topological polar surface area (TPSA) is 58.6 Å². The Kier molecular flexibility index (Phi) is 5.30. The number of halogens is 2. The van der Waals surface area contributed by atoms with Crippen molar-refractivity contribution in [1.29, 1.82) is 0 Å². The van der Waals surface area contributed by atoms with Crippen LogP contribution in [-0.4, -0.2) is 25.5 Å². The molecule has 0 spiro atoms. The van der Waals surface area contributed by atoms with E-state index in [4.69, 9.17) is 16.3 Å². The lowest BCUT2D eigenvalue weighted by Gasteiger charge is -2.19. The summed E-state index contributed by atoms with van der Waals surface area (Å²) >= 11 is 9.46. The van der Waals surface area contributed by atoms with E-state index < -0.39 is 5.92 Å². The molecule has 0 bridgehead atoms.